The summed E-state index contributed by atoms with van der Waals surface area (Å²) in [6.45, 7) is 9.26. The molecule has 202 valence electrons. The molecule has 4 heterocycles. The van der Waals surface area contributed by atoms with Gasteiger partial charge in [-0.25, -0.2) is 19.7 Å². The molecule has 0 spiro atoms. The molecule has 2 N–H and O–H groups in total. The molecule has 1 fully saturated rings. The fraction of sp³-hybridized carbons (Fsp3) is 0.444. The number of carbonyl (C=O) groups excluding carboxylic acids is 1. The minimum Gasteiger partial charge on any atom is -0.481 e. The second kappa shape index (κ2) is 9.39. The van der Waals surface area contributed by atoms with Crippen LogP contribution in [-0.2, 0) is 15.1 Å². The van der Waals surface area contributed by atoms with E-state index in [1.807, 2.05) is 20.8 Å². The highest BCUT2D eigenvalue weighted by Crippen LogP contribution is 2.40. The van der Waals surface area contributed by atoms with Gasteiger partial charge in [0.25, 0.3) is 0 Å². The number of hydrogen-bond acceptors (Lipinski definition) is 9. The van der Waals surface area contributed by atoms with E-state index < -0.39 is 29.0 Å². The number of rotatable bonds is 7. The summed E-state index contributed by atoms with van der Waals surface area (Å²) in [5.41, 5.74) is 9.28. The van der Waals surface area contributed by atoms with E-state index >= 15 is 0 Å². The Balaban J connectivity index is 1.51. The van der Waals surface area contributed by atoms with Crippen molar-refractivity contribution in [1.82, 2.24) is 15.0 Å². The lowest BCUT2D eigenvalue weighted by Gasteiger charge is -2.36. The van der Waals surface area contributed by atoms with Gasteiger partial charge in [-0.05, 0) is 61.4 Å². The number of anilines is 2. The molecule has 3 aromatic heterocycles. The van der Waals surface area contributed by atoms with Crippen molar-refractivity contribution in [3.63, 3.8) is 0 Å². The Kier molecular flexibility index (Phi) is 6.30. The van der Waals surface area contributed by atoms with Gasteiger partial charge in [-0.15, -0.1) is 0 Å². The zero-order valence-corrected chi connectivity index (χ0v) is 22.3. The number of carboxylic acids is 1. The van der Waals surface area contributed by atoms with Crippen molar-refractivity contribution in [2.24, 2.45) is 11.0 Å². The molecule has 0 aromatic carbocycles. The van der Waals surface area contributed by atoms with Crippen LogP contribution in [0, 0.1) is 5.92 Å². The van der Waals surface area contributed by atoms with Crippen molar-refractivity contribution in [2.45, 2.75) is 70.6 Å². The normalized spacial score (nSPS) is 21.7. The largest absolute Gasteiger partial charge is 0.481 e. The molecule has 2 aliphatic rings. The Labute approximate surface area is 224 Å². The Hall–Kier alpha value is -4.44. The highest BCUT2D eigenvalue weighted by Gasteiger charge is 2.40. The average Bonchev–Trinajstić information content (AvgIpc) is 2.83. The van der Waals surface area contributed by atoms with Crippen LogP contribution < -0.4 is 10.1 Å². The van der Waals surface area contributed by atoms with E-state index in [4.69, 9.17) is 20.0 Å². The molecule has 3 aromatic rings. The van der Waals surface area contributed by atoms with Crippen LogP contribution in [0.25, 0.3) is 21.2 Å². The second-order valence-electron chi connectivity index (χ2n) is 11.1. The number of carboxylic acid groups (broad SMARTS) is 1. The van der Waals surface area contributed by atoms with Crippen molar-refractivity contribution < 1.29 is 24.2 Å². The summed E-state index contributed by atoms with van der Waals surface area (Å²) in [7, 11) is 0. The van der Waals surface area contributed by atoms with Crippen LogP contribution in [0.4, 0.5) is 11.6 Å². The van der Waals surface area contributed by atoms with Gasteiger partial charge in [0.15, 0.2) is 0 Å². The zero-order chi connectivity index (χ0) is 28.1. The fourth-order valence-corrected chi connectivity index (χ4v) is 4.84. The number of azide groups is 1. The first-order valence-corrected chi connectivity index (χ1v) is 12.7. The van der Waals surface area contributed by atoms with Crippen molar-refractivity contribution in [1.29, 1.82) is 0 Å². The van der Waals surface area contributed by atoms with Crippen LogP contribution in [0.5, 0.6) is 5.88 Å². The summed E-state index contributed by atoms with van der Waals surface area (Å²) in [5, 5.41) is 17.7. The number of cyclic esters (lactones) is 1. The Morgan fingerprint density at radius 3 is 2.67 bits per heavy atom. The molecule has 0 bridgehead atoms. The molecule has 1 aliphatic heterocycles. The first kappa shape index (κ1) is 26.2. The molecule has 0 saturated heterocycles. The number of nitrogens with zero attached hydrogens (tertiary/aromatic N) is 6. The lowest BCUT2D eigenvalue weighted by Crippen LogP contribution is -2.39. The fourth-order valence-electron chi connectivity index (χ4n) is 4.84. The maximum absolute atomic E-state index is 12.5. The summed E-state index contributed by atoms with van der Waals surface area (Å²) in [4.78, 5) is 40.4. The van der Waals surface area contributed by atoms with Gasteiger partial charge < -0.3 is 19.9 Å². The van der Waals surface area contributed by atoms with Gasteiger partial charge in [-0.1, -0.05) is 25.9 Å². The minimum absolute atomic E-state index is 0.120. The quantitative estimate of drug-likeness (QED) is 0.170. The molecule has 39 heavy (non-hydrogen) atoms. The maximum atomic E-state index is 12.5. The van der Waals surface area contributed by atoms with E-state index in [-0.39, 0.29) is 12.0 Å². The molecule has 1 atom stereocenters. The molecular formula is C27H29N7O5. The summed E-state index contributed by atoms with van der Waals surface area (Å²) in [6.07, 6.45) is 3.78. The molecule has 0 radical (unpaired) electrons. The number of ether oxygens (including phenoxy) is 2. The van der Waals surface area contributed by atoms with Gasteiger partial charge >= 0.3 is 11.9 Å². The van der Waals surface area contributed by atoms with Crippen LogP contribution in [-0.4, -0.2) is 43.7 Å². The van der Waals surface area contributed by atoms with Gasteiger partial charge in [0.2, 0.25) is 5.88 Å². The SMILES string of the molecule is C[C@@H]1c2nc(Nc3cc4c(C(C)(C)N=[N+]=[N-])cnc(OC5CC(C(=O)O)C5)c4cn3)ccc2C(=O)OC1(C)C. The van der Waals surface area contributed by atoms with E-state index in [9.17, 15) is 14.7 Å². The van der Waals surface area contributed by atoms with Gasteiger partial charge in [0, 0.05) is 23.2 Å². The van der Waals surface area contributed by atoms with Crippen LogP contribution >= 0.6 is 0 Å². The lowest BCUT2D eigenvalue weighted by atomic mass is 9.82. The predicted molar refractivity (Wildman–Crippen MR) is 142 cm³/mol. The predicted octanol–water partition coefficient (Wildman–Crippen LogP) is 5.61. The van der Waals surface area contributed by atoms with Crippen molar-refractivity contribution in [3.05, 3.63) is 57.9 Å². The average molecular weight is 532 g/mol. The molecule has 1 aliphatic carbocycles. The third kappa shape index (κ3) is 4.79. The number of aliphatic carboxylic acids is 1. The van der Waals surface area contributed by atoms with Crippen LogP contribution in [0.1, 0.15) is 75.0 Å². The lowest BCUT2D eigenvalue weighted by molar-refractivity contribution is -0.148. The Morgan fingerprint density at radius 2 is 1.97 bits per heavy atom. The topological polar surface area (TPSA) is 172 Å². The number of esters is 1. The highest BCUT2D eigenvalue weighted by molar-refractivity contribution is 5.93. The molecule has 0 unspecified atom stereocenters. The first-order chi connectivity index (χ1) is 18.4. The number of hydrogen-bond donors (Lipinski definition) is 2. The smallest absolute Gasteiger partial charge is 0.340 e. The van der Waals surface area contributed by atoms with Crippen LogP contribution in [0.3, 0.4) is 0 Å². The summed E-state index contributed by atoms with van der Waals surface area (Å²) in [6, 6.07) is 5.19. The minimum atomic E-state index is -0.923. The van der Waals surface area contributed by atoms with Gasteiger partial charge in [-0.2, -0.15) is 0 Å². The molecule has 1 saturated carbocycles. The summed E-state index contributed by atoms with van der Waals surface area (Å²) in [5.74, 6) is -0.453. The summed E-state index contributed by atoms with van der Waals surface area (Å²) < 4.78 is 11.6. The van der Waals surface area contributed by atoms with E-state index in [0.717, 1.165) is 0 Å². The number of fused-ring (bicyclic) bond motifs is 2. The molecule has 5 rings (SSSR count). The monoisotopic (exact) mass is 531 g/mol. The van der Waals surface area contributed by atoms with Crippen LogP contribution in [0.15, 0.2) is 35.7 Å². The van der Waals surface area contributed by atoms with E-state index in [0.29, 0.717) is 58.0 Å². The van der Waals surface area contributed by atoms with Gasteiger partial charge in [-0.3, -0.25) is 4.79 Å². The number of aromatic nitrogens is 3. The number of carbonyl (C=O) groups is 2. The van der Waals surface area contributed by atoms with E-state index in [1.54, 1.807) is 44.4 Å². The highest BCUT2D eigenvalue weighted by atomic mass is 16.6. The molecule has 12 heteroatoms. The molecular weight excluding hydrogens is 502 g/mol. The number of pyridine rings is 3. The molecule has 12 nitrogen and oxygen atoms in total. The Morgan fingerprint density at radius 1 is 1.23 bits per heavy atom. The zero-order valence-electron chi connectivity index (χ0n) is 22.3. The van der Waals surface area contributed by atoms with Crippen molar-refractivity contribution in [2.75, 3.05) is 5.32 Å². The van der Waals surface area contributed by atoms with Crippen LogP contribution in [0.2, 0.25) is 0 Å². The first-order valence-electron chi connectivity index (χ1n) is 12.7. The number of nitrogens with one attached hydrogen (secondary N) is 1. The molecule has 0 amide bonds. The van der Waals surface area contributed by atoms with Gasteiger partial charge in [0.1, 0.15) is 23.3 Å². The third-order valence-electron chi connectivity index (χ3n) is 7.62. The second-order valence-corrected chi connectivity index (χ2v) is 11.1. The standard InChI is InChI=1S/C27H29N7O5/c1-13-22-16(25(37)39-27(13,4)5)6-7-20(32-22)31-21-10-17-18(11-29-21)23(38-15-8-14(9-15)24(35)36)30-12-19(17)26(2,3)33-34-28/h6-7,10-15H,8-9H2,1-5H3,(H,35,36)(H,29,31,32)/t13-,14?,15?/m1/s1. The van der Waals surface area contributed by atoms with Crippen molar-refractivity contribution >= 4 is 34.3 Å². The van der Waals surface area contributed by atoms with Gasteiger partial charge in [0.05, 0.1) is 28.1 Å². The Bertz CT molecular complexity index is 1540. The maximum Gasteiger partial charge on any atom is 0.340 e. The van der Waals surface area contributed by atoms with E-state index in [1.165, 1.54) is 0 Å². The van der Waals surface area contributed by atoms with E-state index in [2.05, 4.69) is 25.3 Å². The van der Waals surface area contributed by atoms with Crippen molar-refractivity contribution in [3.8, 4) is 5.88 Å². The summed E-state index contributed by atoms with van der Waals surface area (Å²) >= 11 is 0. The third-order valence-corrected chi connectivity index (χ3v) is 7.62.